The minimum absolute atomic E-state index is 0.411. The molecular formula is C15H25N3O2. The highest BCUT2D eigenvalue weighted by atomic mass is 16.4. The number of aliphatic carboxylic acids is 1. The maximum Gasteiger partial charge on any atom is 0.311 e. The molecule has 0 bridgehead atoms. The van der Waals surface area contributed by atoms with Gasteiger partial charge in [-0.1, -0.05) is 13.8 Å². The molecule has 0 radical (unpaired) electrons. The third-order valence-electron chi connectivity index (χ3n) is 4.43. The predicted octanol–water partition coefficient (Wildman–Crippen LogP) is 2.24. The molecule has 1 atom stereocenters. The van der Waals surface area contributed by atoms with Crippen LogP contribution in [0.15, 0.2) is 12.3 Å². The van der Waals surface area contributed by atoms with Crippen LogP contribution in [0.3, 0.4) is 0 Å². The van der Waals surface area contributed by atoms with E-state index in [2.05, 4.69) is 24.3 Å². The number of carbonyl (C=O) groups is 1. The van der Waals surface area contributed by atoms with E-state index in [0.717, 1.165) is 37.9 Å². The Morgan fingerprint density at radius 1 is 1.55 bits per heavy atom. The second-order valence-corrected chi connectivity index (χ2v) is 5.80. The molecule has 1 unspecified atom stereocenters. The van der Waals surface area contributed by atoms with Gasteiger partial charge >= 0.3 is 5.97 Å². The van der Waals surface area contributed by atoms with Crippen LogP contribution in [0.1, 0.15) is 51.3 Å². The molecule has 1 aliphatic heterocycles. The summed E-state index contributed by atoms with van der Waals surface area (Å²) in [7, 11) is 0. The average molecular weight is 279 g/mol. The molecule has 0 amide bonds. The highest BCUT2D eigenvalue weighted by molar-refractivity contribution is 5.75. The van der Waals surface area contributed by atoms with E-state index in [-0.39, 0.29) is 0 Å². The maximum absolute atomic E-state index is 11.7. The lowest BCUT2D eigenvalue weighted by Crippen LogP contribution is -2.47. The fourth-order valence-electron chi connectivity index (χ4n) is 3.06. The van der Waals surface area contributed by atoms with Crippen molar-refractivity contribution >= 4 is 5.97 Å². The van der Waals surface area contributed by atoms with Crippen molar-refractivity contribution in [2.45, 2.75) is 52.0 Å². The molecule has 0 spiro atoms. The molecule has 112 valence electrons. The van der Waals surface area contributed by atoms with Gasteiger partial charge in [0, 0.05) is 19.2 Å². The zero-order valence-electron chi connectivity index (χ0n) is 12.4. The molecule has 20 heavy (non-hydrogen) atoms. The van der Waals surface area contributed by atoms with Gasteiger partial charge in [0.25, 0.3) is 0 Å². The van der Waals surface area contributed by atoms with E-state index in [1.165, 1.54) is 0 Å². The molecule has 1 fully saturated rings. The number of carboxylic acid groups (broad SMARTS) is 1. The summed E-state index contributed by atoms with van der Waals surface area (Å²) >= 11 is 0. The van der Waals surface area contributed by atoms with Crippen LogP contribution >= 0.6 is 0 Å². The summed E-state index contributed by atoms with van der Waals surface area (Å²) in [5.74, 6) is -0.707. The van der Waals surface area contributed by atoms with Crippen LogP contribution in [0.25, 0.3) is 0 Å². The molecule has 1 aliphatic rings. The smallest absolute Gasteiger partial charge is 0.311 e. The first kappa shape index (κ1) is 15.0. The lowest BCUT2D eigenvalue weighted by molar-refractivity contribution is -0.150. The van der Waals surface area contributed by atoms with E-state index in [0.29, 0.717) is 19.0 Å². The van der Waals surface area contributed by atoms with Crippen LogP contribution in [0.2, 0.25) is 0 Å². The summed E-state index contributed by atoms with van der Waals surface area (Å²) in [6.45, 7) is 5.76. The minimum Gasteiger partial charge on any atom is -0.481 e. The van der Waals surface area contributed by atoms with E-state index >= 15 is 0 Å². The monoisotopic (exact) mass is 279 g/mol. The molecule has 5 heteroatoms. The number of nitrogens with zero attached hydrogens (tertiary/aromatic N) is 2. The molecule has 1 aromatic heterocycles. The Morgan fingerprint density at radius 3 is 2.85 bits per heavy atom. The SMILES string of the molecule is CCC(CC)n1ccc(CC2(C(=O)O)CCCNC2)n1. The first-order valence-electron chi connectivity index (χ1n) is 7.59. The molecule has 2 N–H and O–H groups in total. The lowest BCUT2D eigenvalue weighted by Gasteiger charge is -2.33. The Balaban J connectivity index is 2.13. The van der Waals surface area contributed by atoms with Gasteiger partial charge in [0.05, 0.1) is 17.2 Å². The Labute approximate surface area is 120 Å². The van der Waals surface area contributed by atoms with Crippen LogP contribution in [-0.2, 0) is 11.2 Å². The van der Waals surface area contributed by atoms with Crippen LogP contribution in [0, 0.1) is 5.41 Å². The van der Waals surface area contributed by atoms with Crippen molar-refractivity contribution in [3.63, 3.8) is 0 Å². The zero-order chi connectivity index (χ0) is 14.6. The third-order valence-corrected chi connectivity index (χ3v) is 4.43. The second-order valence-electron chi connectivity index (χ2n) is 5.80. The number of piperidine rings is 1. The van der Waals surface area contributed by atoms with E-state index < -0.39 is 11.4 Å². The van der Waals surface area contributed by atoms with Crippen molar-refractivity contribution in [1.82, 2.24) is 15.1 Å². The summed E-state index contributed by atoms with van der Waals surface area (Å²) in [5, 5.41) is 17.4. The van der Waals surface area contributed by atoms with Gasteiger partial charge < -0.3 is 10.4 Å². The van der Waals surface area contributed by atoms with Gasteiger partial charge in [-0.15, -0.1) is 0 Å². The molecule has 0 saturated carbocycles. The van der Waals surface area contributed by atoms with Crippen molar-refractivity contribution in [3.05, 3.63) is 18.0 Å². The van der Waals surface area contributed by atoms with Gasteiger partial charge in [-0.25, -0.2) is 0 Å². The first-order valence-corrected chi connectivity index (χ1v) is 7.59. The van der Waals surface area contributed by atoms with E-state index in [1.54, 1.807) is 0 Å². The van der Waals surface area contributed by atoms with Crippen LogP contribution in [0.5, 0.6) is 0 Å². The Morgan fingerprint density at radius 2 is 2.30 bits per heavy atom. The summed E-state index contributed by atoms with van der Waals surface area (Å²) in [6.07, 6.45) is 6.24. The normalized spacial score (nSPS) is 23.1. The van der Waals surface area contributed by atoms with Crippen molar-refractivity contribution in [2.75, 3.05) is 13.1 Å². The quantitative estimate of drug-likeness (QED) is 0.838. The van der Waals surface area contributed by atoms with Gasteiger partial charge in [0.2, 0.25) is 0 Å². The molecule has 2 heterocycles. The second kappa shape index (κ2) is 6.39. The topological polar surface area (TPSA) is 67.2 Å². The molecule has 1 aromatic rings. The largest absolute Gasteiger partial charge is 0.481 e. The van der Waals surface area contributed by atoms with Crippen molar-refractivity contribution in [2.24, 2.45) is 5.41 Å². The zero-order valence-corrected chi connectivity index (χ0v) is 12.4. The highest BCUT2D eigenvalue weighted by Crippen LogP contribution is 2.31. The van der Waals surface area contributed by atoms with E-state index in [9.17, 15) is 9.90 Å². The van der Waals surface area contributed by atoms with Gasteiger partial charge in [-0.2, -0.15) is 5.10 Å². The van der Waals surface area contributed by atoms with Crippen LogP contribution < -0.4 is 5.32 Å². The number of hydrogen-bond donors (Lipinski definition) is 2. The van der Waals surface area contributed by atoms with Gasteiger partial charge in [0.15, 0.2) is 0 Å². The van der Waals surface area contributed by atoms with Crippen molar-refractivity contribution in [3.8, 4) is 0 Å². The van der Waals surface area contributed by atoms with Gasteiger partial charge in [-0.05, 0) is 38.3 Å². The number of aromatic nitrogens is 2. The molecule has 2 rings (SSSR count). The Bertz CT molecular complexity index is 446. The number of nitrogens with one attached hydrogen (secondary N) is 1. The fraction of sp³-hybridized carbons (Fsp3) is 0.733. The van der Waals surface area contributed by atoms with Gasteiger partial charge in [-0.3, -0.25) is 9.48 Å². The summed E-state index contributed by atoms with van der Waals surface area (Å²) in [6, 6.07) is 2.38. The standard InChI is InChI=1S/C15H25N3O2/c1-3-13(4-2)18-9-6-12(17-18)10-15(14(19)20)7-5-8-16-11-15/h6,9,13,16H,3-5,7-8,10-11H2,1-2H3,(H,19,20). The summed E-state index contributed by atoms with van der Waals surface area (Å²) in [5.41, 5.74) is 0.203. The Hall–Kier alpha value is -1.36. The fourth-order valence-corrected chi connectivity index (χ4v) is 3.06. The van der Waals surface area contributed by atoms with Crippen LogP contribution in [0.4, 0.5) is 0 Å². The first-order chi connectivity index (χ1) is 9.61. The van der Waals surface area contributed by atoms with Crippen LogP contribution in [-0.4, -0.2) is 33.9 Å². The predicted molar refractivity (Wildman–Crippen MR) is 77.7 cm³/mol. The molecular weight excluding hydrogens is 254 g/mol. The number of rotatable bonds is 6. The summed E-state index contributed by atoms with van der Waals surface area (Å²) in [4.78, 5) is 11.7. The average Bonchev–Trinajstić information content (AvgIpc) is 2.89. The summed E-state index contributed by atoms with van der Waals surface area (Å²) < 4.78 is 1.99. The molecule has 5 nitrogen and oxygen atoms in total. The molecule has 0 aliphatic carbocycles. The number of carboxylic acids is 1. The third kappa shape index (κ3) is 3.03. The lowest BCUT2D eigenvalue weighted by atomic mass is 9.77. The highest BCUT2D eigenvalue weighted by Gasteiger charge is 2.40. The van der Waals surface area contributed by atoms with Crippen molar-refractivity contribution < 1.29 is 9.90 Å². The van der Waals surface area contributed by atoms with E-state index in [1.807, 2.05) is 16.9 Å². The molecule has 1 saturated heterocycles. The van der Waals surface area contributed by atoms with Gasteiger partial charge in [0.1, 0.15) is 0 Å². The minimum atomic E-state index is -0.707. The maximum atomic E-state index is 11.7. The number of hydrogen-bond acceptors (Lipinski definition) is 3. The Kier molecular flexibility index (Phi) is 4.81. The van der Waals surface area contributed by atoms with E-state index in [4.69, 9.17) is 0 Å². The van der Waals surface area contributed by atoms with Crippen molar-refractivity contribution in [1.29, 1.82) is 0 Å². The molecule has 0 aromatic carbocycles.